The lowest BCUT2D eigenvalue weighted by Crippen LogP contribution is -2.47. The molecule has 0 radical (unpaired) electrons. The number of morpholine rings is 1. The van der Waals surface area contributed by atoms with Crippen LogP contribution in [0, 0.1) is 6.92 Å². The average Bonchev–Trinajstić information content (AvgIpc) is 2.39. The van der Waals surface area contributed by atoms with Gasteiger partial charge in [0.1, 0.15) is 0 Å². The number of nitrogens with zero attached hydrogens (tertiary/aromatic N) is 1. The first-order chi connectivity index (χ1) is 8.55. The molecule has 1 aliphatic rings. The Hall–Kier alpha value is -1.17. The fraction of sp³-hybridized carbons (Fsp3) is 0.385. The third kappa shape index (κ3) is 2.48. The third-order valence-electron chi connectivity index (χ3n) is 3.01. The van der Waals surface area contributed by atoms with E-state index >= 15 is 0 Å². The Labute approximate surface area is 108 Å². The van der Waals surface area contributed by atoms with Crippen LogP contribution in [-0.4, -0.2) is 38.5 Å². The molecule has 1 heterocycles. The zero-order chi connectivity index (χ0) is 13.2. The number of benzene rings is 1. The predicted molar refractivity (Wildman–Crippen MR) is 69.9 cm³/mol. The first kappa shape index (κ1) is 13.3. The van der Waals surface area contributed by atoms with E-state index in [0.29, 0.717) is 24.7 Å². The number of hydrogen-bond acceptors (Lipinski definition) is 3. The van der Waals surface area contributed by atoms with E-state index in [9.17, 15) is 8.42 Å². The molecule has 5 heteroatoms. The van der Waals surface area contributed by atoms with Crippen molar-refractivity contribution in [3.63, 3.8) is 0 Å². The maximum Gasteiger partial charge on any atom is 0.243 e. The second-order valence-electron chi connectivity index (χ2n) is 4.31. The summed E-state index contributed by atoms with van der Waals surface area (Å²) in [6.07, 6.45) is 1.62. The van der Waals surface area contributed by atoms with Crippen LogP contribution in [0.1, 0.15) is 5.56 Å². The normalized spacial score (nSPS) is 21.7. The minimum Gasteiger partial charge on any atom is -0.378 e. The highest BCUT2D eigenvalue weighted by Gasteiger charge is 2.32. The molecule has 98 valence electrons. The molecule has 0 saturated carbocycles. The lowest BCUT2D eigenvalue weighted by atomic mass is 10.2. The lowest BCUT2D eigenvalue weighted by Gasteiger charge is -2.32. The van der Waals surface area contributed by atoms with Crippen LogP contribution >= 0.6 is 0 Å². The van der Waals surface area contributed by atoms with E-state index in [2.05, 4.69) is 6.58 Å². The van der Waals surface area contributed by atoms with Crippen LogP contribution < -0.4 is 0 Å². The molecule has 1 atom stereocenters. The van der Waals surface area contributed by atoms with Gasteiger partial charge in [-0.2, -0.15) is 4.31 Å². The fourth-order valence-electron chi connectivity index (χ4n) is 1.94. The SMILES string of the molecule is C=C[C@@H]1COCCN1S(=O)(=O)c1ccc(C)cc1. The van der Waals surface area contributed by atoms with Crippen molar-refractivity contribution in [2.24, 2.45) is 0 Å². The van der Waals surface area contributed by atoms with Crippen LogP contribution in [0.15, 0.2) is 41.8 Å². The molecule has 1 fully saturated rings. The van der Waals surface area contributed by atoms with Crippen LogP contribution in [0.3, 0.4) is 0 Å². The highest BCUT2D eigenvalue weighted by atomic mass is 32.2. The van der Waals surface area contributed by atoms with Crippen molar-refractivity contribution in [2.75, 3.05) is 19.8 Å². The summed E-state index contributed by atoms with van der Waals surface area (Å²) < 4.78 is 31.7. The van der Waals surface area contributed by atoms with Gasteiger partial charge in [-0.25, -0.2) is 8.42 Å². The van der Waals surface area contributed by atoms with Gasteiger partial charge in [-0.05, 0) is 19.1 Å². The molecule has 0 amide bonds. The largest absolute Gasteiger partial charge is 0.378 e. The van der Waals surface area contributed by atoms with Crippen LogP contribution in [0.4, 0.5) is 0 Å². The summed E-state index contributed by atoms with van der Waals surface area (Å²) in [4.78, 5) is 0.321. The Bertz CT molecular complexity index is 522. The summed E-state index contributed by atoms with van der Waals surface area (Å²) in [5, 5.41) is 0. The Morgan fingerprint density at radius 3 is 2.67 bits per heavy atom. The van der Waals surface area contributed by atoms with Gasteiger partial charge in [-0.3, -0.25) is 0 Å². The summed E-state index contributed by atoms with van der Waals surface area (Å²) in [6.45, 7) is 6.76. The van der Waals surface area contributed by atoms with Gasteiger partial charge < -0.3 is 4.74 Å². The van der Waals surface area contributed by atoms with Crippen LogP contribution in [0.25, 0.3) is 0 Å². The molecule has 0 spiro atoms. The van der Waals surface area contributed by atoms with Crippen molar-refractivity contribution in [1.82, 2.24) is 4.31 Å². The van der Waals surface area contributed by atoms with Crippen LogP contribution in [0.5, 0.6) is 0 Å². The second-order valence-corrected chi connectivity index (χ2v) is 6.20. The van der Waals surface area contributed by atoms with E-state index in [1.807, 2.05) is 6.92 Å². The molecule has 0 aliphatic carbocycles. The summed E-state index contributed by atoms with van der Waals surface area (Å²) in [6, 6.07) is 6.60. The topological polar surface area (TPSA) is 46.6 Å². The van der Waals surface area contributed by atoms with E-state index < -0.39 is 10.0 Å². The number of rotatable bonds is 3. The van der Waals surface area contributed by atoms with E-state index in [1.165, 1.54) is 4.31 Å². The predicted octanol–water partition coefficient (Wildman–Crippen LogP) is 1.57. The van der Waals surface area contributed by atoms with Gasteiger partial charge in [0.25, 0.3) is 0 Å². The smallest absolute Gasteiger partial charge is 0.243 e. The first-order valence-corrected chi connectivity index (χ1v) is 7.28. The molecule has 0 aromatic heterocycles. The molecule has 0 unspecified atom stereocenters. The summed E-state index contributed by atoms with van der Waals surface area (Å²) >= 11 is 0. The summed E-state index contributed by atoms with van der Waals surface area (Å²) in [5.74, 6) is 0. The minimum absolute atomic E-state index is 0.287. The van der Waals surface area contributed by atoms with Gasteiger partial charge >= 0.3 is 0 Å². The molecule has 1 aromatic rings. The first-order valence-electron chi connectivity index (χ1n) is 5.84. The molecule has 1 saturated heterocycles. The molecule has 18 heavy (non-hydrogen) atoms. The monoisotopic (exact) mass is 267 g/mol. The quantitative estimate of drug-likeness (QED) is 0.781. The molecule has 2 rings (SSSR count). The van der Waals surface area contributed by atoms with Crippen molar-refractivity contribution < 1.29 is 13.2 Å². The van der Waals surface area contributed by atoms with Crippen molar-refractivity contribution >= 4 is 10.0 Å². The van der Waals surface area contributed by atoms with E-state index in [0.717, 1.165) is 5.56 Å². The zero-order valence-corrected chi connectivity index (χ0v) is 11.2. The highest BCUT2D eigenvalue weighted by Crippen LogP contribution is 2.21. The third-order valence-corrected chi connectivity index (χ3v) is 4.95. The molecular weight excluding hydrogens is 250 g/mol. The van der Waals surface area contributed by atoms with E-state index in [1.54, 1.807) is 30.3 Å². The highest BCUT2D eigenvalue weighted by molar-refractivity contribution is 7.89. The number of ether oxygens (including phenoxy) is 1. The number of sulfonamides is 1. The molecular formula is C13H17NO3S. The van der Waals surface area contributed by atoms with E-state index in [4.69, 9.17) is 4.74 Å². The fourth-order valence-corrected chi connectivity index (χ4v) is 3.51. The Morgan fingerprint density at radius 2 is 2.06 bits per heavy atom. The maximum atomic E-state index is 12.5. The number of aryl methyl sites for hydroxylation is 1. The zero-order valence-electron chi connectivity index (χ0n) is 10.4. The van der Waals surface area contributed by atoms with Crippen molar-refractivity contribution in [3.8, 4) is 0 Å². The van der Waals surface area contributed by atoms with Crippen molar-refractivity contribution in [2.45, 2.75) is 17.9 Å². The minimum atomic E-state index is -3.46. The molecule has 1 aliphatic heterocycles. The molecule has 4 nitrogen and oxygen atoms in total. The molecule has 0 N–H and O–H groups in total. The Kier molecular flexibility index (Phi) is 3.85. The van der Waals surface area contributed by atoms with Crippen molar-refractivity contribution in [1.29, 1.82) is 0 Å². The van der Waals surface area contributed by atoms with Gasteiger partial charge in [-0.1, -0.05) is 23.8 Å². The maximum absolute atomic E-state index is 12.5. The van der Waals surface area contributed by atoms with Gasteiger partial charge in [0.15, 0.2) is 0 Å². The van der Waals surface area contributed by atoms with Gasteiger partial charge in [0, 0.05) is 6.54 Å². The van der Waals surface area contributed by atoms with Crippen molar-refractivity contribution in [3.05, 3.63) is 42.5 Å². The Balaban J connectivity index is 2.34. The van der Waals surface area contributed by atoms with Gasteiger partial charge in [0.05, 0.1) is 24.2 Å². The summed E-state index contributed by atoms with van der Waals surface area (Å²) in [5.41, 5.74) is 1.04. The lowest BCUT2D eigenvalue weighted by molar-refractivity contribution is 0.0489. The van der Waals surface area contributed by atoms with E-state index in [-0.39, 0.29) is 6.04 Å². The molecule has 1 aromatic carbocycles. The molecule has 0 bridgehead atoms. The number of hydrogen-bond donors (Lipinski definition) is 0. The van der Waals surface area contributed by atoms with Gasteiger partial charge in [0.2, 0.25) is 10.0 Å². The Morgan fingerprint density at radius 1 is 1.39 bits per heavy atom. The van der Waals surface area contributed by atoms with Crippen LogP contribution in [-0.2, 0) is 14.8 Å². The van der Waals surface area contributed by atoms with Gasteiger partial charge in [-0.15, -0.1) is 6.58 Å². The second kappa shape index (κ2) is 5.22. The van der Waals surface area contributed by atoms with Crippen LogP contribution in [0.2, 0.25) is 0 Å². The summed E-state index contributed by atoms with van der Waals surface area (Å²) in [7, 11) is -3.46. The standard InChI is InChI=1S/C13H17NO3S/c1-3-12-10-17-9-8-14(12)18(15,16)13-6-4-11(2)5-7-13/h3-7,12H,1,8-10H2,2H3/t12-/m1/s1. The average molecular weight is 267 g/mol.